The van der Waals surface area contributed by atoms with Gasteiger partial charge in [-0.05, 0) is 64.8 Å². The van der Waals surface area contributed by atoms with Crippen LogP contribution in [0.25, 0.3) is 6.08 Å². The maximum Gasteiger partial charge on any atom is 0.261 e. The number of aromatic nitrogens is 1. The van der Waals surface area contributed by atoms with Crippen LogP contribution in [0.2, 0.25) is 5.15 Å². The summed E-state index contributed by atoms with van der Waals surface area (Å²) in [5, 5.41) is 5.69. The highest BCUT2D eigenvalue weighted by Gasteiger charge is 2.20. The molecule has 0 aliphatic heterocycles. The Labute approximate surface area is 181 Å². The van der Waals surface area contributed by atoms with Gasteiger partial charge >= 0.3 is 0 Å². The van der Waals surface area contributed by atoms with E-state index in [1.165, 1.54) is 12.3 Å². The minimum atomic E-state index is -0.567. The van der Waals surface area contributed by atoms with Gasteiger partial charge < -0.3 is 10.6 Å². The molecule has 2 N–H and O–H groups in total. The summed E-state index contributed by atoms with van der Waals surface area (Å²) in [6.45, 7) is 1.94. The van der Waals surface area contributed by atoms with E-state index in [1.54, 1.807) is 42.5 Å². The van der Waals surface area contributed by atoms with E-state index in [4.69, 9.17) is 11.6 Å². The van der Waals surface area contributed by atoms with Gasteiger partial charge in [-0.25, -0.2) is 4.98 Å². The summed E-state index contributed by atoms with van der Waals surface area (Å²) < 4.78 is 0.716. The van der Waals surface area contributed by atoms with Crippen molar-refractivity contribution in [1.82, 2.24) is 4.98 Å². The van der Waals surface area contributed by atoms with E-state index in [0.29, 0.717) is 21.4 Å². The van der Waals surface area contributed by atoms with Gasteiger partial charge in [-0.2, -0.15) is 0 Å². The molecule has 0 bridgehead atoms. The van der Waals surface area contributed by atoms with Crippen LogP contribution in [0.5, 0.6) is 0 Å². The summed E-state index contributed by atoms with van der Waals surface area (Å²) >= 11 is 9.54. The number of pyridine rings is 1. The van der Waals surface area contributed by atoms with Crippen LogP contribution in [0.3, 0.4) is 0 Å². The molecule has 0 saturated heterocycles. The summed E-state index contributed by atoms with van der Waals surface area (Å²) in [7, 11) is 0. The molecule has 0 spiro atoms. The quantitative estimate of drug-likeness (QED) is 0.225. The Bertz CT molecular complexity index is 1080. The topological polar surface area (TPSA) is 71.1 Å². The average Bonchev–Trinajstić information content (AvgIpc) is 2.70. The van der Waals surface area contributed by atoms with Crippen LogP contribution in [0.15, 0.2) is 76.9 Å². The number of hydrogen-bond donors (Lipinski definition) is 2. The van der Waals surface area contributed by atoms with Crippen LogP contribution in [-0.2, 0) is 9.59 Å². The van der Waals surface area contributed by atoms with Crippen molar-refractivity contribution in [3.05, 3.63) is 93.2 Å². The van der Waals surface area contributed by atoms with Gasteiger partial charge in [-0.3, -0.25) is 9.59 Å². The van der Waals surface area contributed by atoms with Gasteiger partial charge in [0, 0.05) is 21.9 Å². The van der Waals surface area contributed by atoms with Crippen LogP contribution < -0.4 is 10.6 Å². The van der Waals surface area contributed by atoms with E-state index in [9.17, 15) is 9.59 Å². The van der Waals surface area contributed by atoms with Crippen molar-refractivity contribution >= 4 is 56.8 Å². The fourth-order valence-electron chi connectivity index (χ4n) is 2.53. The van der Waals surface area contributed by atoms with Crippen molar-refractivity contribution in [2.24, 2.45) is 0 Å². The molecular weight excluding hydrogens is 454 g/mol. The van der Waals surface area contributed by atoms with Gasteiger partial charge in [0.05, 0.1) is 5.69 Å². The lowest BCUT2D eigenvalue weighted by Crippen LogP contribution is -2.25. The predicted molar refractivity (Wildman–Crippen MR) is 120 cm³/mol. The number of amides is 2. The first-order valence-electron chi connectivity index (χ1n) is 8.70. The number of rotatable bonds is 5. The van der Waals surface area contributed by atoms with Crippen LogP contribution in [0.1, 0.15) is 11.1 Å². The number of halogens is 2. The monoisotopic (exact) mass is 469 g/mol. The molecule has 7 heteroatoms. The first kappa shape index (κ1) is 20.8. The first-order chi connectivity index (χ1) is 13.9. The number of aryl methyl sites for hydroxylation is 1. The zero-order valence-electron chi connectivity index (χ0n) is 15.4. The normalized spacial score (nSPS) is 11.1. The van der Waals surface area contributed by atoms with E-state index in [2.05, 4.69) is 31.5 Å². The molecule has 1 heterocycles. The molecule has 5 nitrogen and oxygen atoms in total. The molecule has 0 aliphatic carbocycles. The van der Waals surface area contributed by atoms with Crippen LogP contribution in [0, 0.1) is 6.92 Å². The Hall–Kier alpha value is -2.96. The number of anilines is 2. The molecular formula is C22H17BrClN3O2. The molecule has 1 aromatic heterocycles. The zero-order chi connectivity index (χ0) is 20.8. The Morgan fingerprint density at radius 2 is 1.72 bits per heavy atom. The second kappa shape index (κ2) is 9.49. The van der Waals surface area contributed by atoms with Crippen molar-refractivity contribution in [2.75, 3.05) is 10.6 Å². The van der Waals surface area contributed by atoms with Crippen LogP contribution in [0.4, 0.5) is 11.4 Å². The molecule has 0 radical (unpaired) electrons. The Morgan fingerprint density at radius 3 is 2.41 bits per heavy atom. The molecule has 0 atom stereocenters. The highest BCUT2D eigenvalue weighted by Crippen LogP contribution is 2.25. The molecule has 0 fully saturated rings. The predicted octanol–water partition coefficient (Wildman–Crippen LogP) is 5.47. The van der Waals surface area contributed by atoms with Gasteiger partial charge in [0.15, 0.2) is 0 Å². The fraction of sp³-hybridized carbons (Fsp3) is 0.0455. The van der Waals surface area contributed by atoms with Gasteiger partial charge in [0.1, 0.15) is 10.7 Å². The summed E-state index contributed by atoms with van der Waals surface area (Å²) in [4.78, 5) is 29.8. The zero-order valence-corrected chi connectivity index (χ0v) is 17.8. The third-order valence-electron chi connectivity index (χ3n) is 3.98. The molecule has 3 rings (SSSR count). The first-order valence-corrected chi connectivity index (χ1v) is 9.87. The van der Waals surface area contributed by atoms with E-state index >= 15 is 0 Å². The lowest BCUT2D eigenvalue weighted by atomic mass is 10.1. The molecule has 0 aliphatic rings. The lowest BCUT2D eigenvalue weighted by molar-refractivity contribution is -0.118. The SMILES string of the molecule is Cc1ccc(NC(=O)/C(=C/c2cccnc2Cl)C(=O)Nc2ccccc2)c(Br)c1. The number of nitrogens with one attached hydrogen (secondary N) is 2. The Morgan fingerprint density at radius 1 is 1.00 bits per heavy atom. The molecule has 3 aromatic rings. The lowest BCUT2D eigenvalue weighted by Gasteiger charge is -2.12. The smallest absolute Gasteiger partial charge is 0.261 e. The summed E-state index contributed by atoms with van der Waals surface area (Å²) in [6.07, 6.45) is 2.96. The Kier molecular flexibility index (Phi) is 6.80. The second-order valence-electron chi connectivity index (χ2n) is 6.20. The standard InChI is InChI=1S/C22H17BrClN3O2/c1-14-9-10-19(18(23)12-14)27-22(29)17(13-15-6-5-11-25-20(15)24)21(28)26-16-7-3-2-4-8-16/h2-13H,1H3,(H,26,28)(H,27,29)/b17-13+. The molecule has 2 aromatic carbocycles. The summed E-state index contributed by atoms with van der Waals surface area (Å²) in [5.41, 5.74) is 2.53. The van der Waals surface area contributed by atoms with E-state index in [1.807, 2.05) is 25.1 Å². The van der Waals surface area contributed by atoms with E-state index in [0.717, 1.165) is 5.56 Å². The number of carbonyl (C=O) groups is 2. The molecule has 29 heavy (non-hydrogen) atoms. The van der Waals surface area contributed by atoms with Gasteiger partial charge in [0.25, 0.3) is 11.8 Å². The van der Waals surface area contributed by atoms with Gasteiger partial charge in [-0.15, -0.1) is 0 Å². The average molecular weight is 471 g/mol. The van der Waals surface area contributed by atoms with Crippen LogP contribution in [-0.4, -0.2) is 16.8 Å². The summed E-state index contributed by atoms with van der Waals surface area (Å²) in [5.74, 6) is -1.13. The minimum Gasteiger partial charge on any atom is -0.322 e. The maximum atomic E-state index is 13.0. The van der Waals surface area contributed by atoms with E-state index in [-0.39, 0.29) is 10.7 Å². The fourth-order valence-corrected chi connectivity index (χ4v) is 3.29. The molecule has 0 saturated carbocycles. The van der Waals surface area contributed by atoms with Crippen LogP contribution >= 0.6 is 27.5 Å². The number of para-hydroxylation sites is 1. The number of carbonyl (C=O) groups excluding carboxylic acids is 2. The number of benzene rings is 2. The third kappa shape index (κ3) is 5.53. The van der Waals surface area contributed by atoms with Gasteiger partial charge in [-0.1, -0.05) is 41.9 Å². The molecule has 2 amide bonds. The molecule has 146 valence electrons. The van der Waals surface area contributed by atoms with Crippen molar-refractivity contribution in [3.63, 3.8) is 0 Å². The van der Waals surface area contributed by atoms with Crippen molar-refractivity contribution in [1.29, 1.82) is 0 Å². The second-order valence-corrected chi connectivity index (χ2v) is 7.41. The number of hydrogen-bond acceptors (Lipinski definition) is 3. The summed E-state index contributed by atoms with van der Waals surface area (Å²) in [6, 6.07) is 17.8. The highest BCUT2D eigenvalue weighted by molar-refractivity contribution is 9.10. The largest absolute Gasteiger partial charge is 0.322 e. The van der Waals surface area contributed by atoms with Crippen molar-refractivity contribution < 1.29 is 9.59 Å². The third-order valence-corrected chi connectivity index (χ3v) is 4.95. The van der Waals surface area contributed by atoms with Crippen molar-refractivity contribution in [3.8, 4) is 0 Å². The van der Waals surface area contributed by atoms with Crippen molar-refractivity contribution in [2.45, 2.75) is 6.92 Å². The Balaban J connectivity index is 1.94. The maximum absolute atomic E-state index is 13.0. The minimum absolute atomic E-state index is 0.101. The van der Waals surface area contributed by atoms with E-state index < -0.39 is 11.8 Å². The molecule has 0 unspecified atom stereocenters. The van der Waals surface area contributed by atoms with Gasteiger partial charge in [0.2, 0.25) is 0 Å². The number of nitrogens with zero attached hydrogens (tertiary/aromatic N) is 1. The highest BCUT2D eigenvalue weighted by atomic mass is 79.9.